The molecule has 21 heavy (non-hydrogen) atoms. The number of imidazole rings is 1. The van der Waals surface area contributed by atoms with Gasteiger partial charge in [0.05, 0.1) is 5.52 Å². The van der Waals surface area contributed by atoms with Crippen molar-refractivity contribution in [1.82, 2.24) is 14.5 Å². The monoisotopic (exact) mass is 285 g/mol. The number of rotatable bonds is 2. The Morgan fingerprint density at radius 2 is 2.00 bits per heavy atom. The van der Waals surface area contributed by atoms with Crippen molar-refractivity contribution in [1.29, 1.82) is 0 Å². The van der Waals surface area contributed by atoms with Gasteiger partial charge in [0.15, 0.2) is 11.6 Å². The van der Waals surface area contributed by atoms with Gasteiger partial charge in [-0.3, -0.25) is 4.98 Å². The van der Waals surface area contributed by atoms with E-state index in [0.717, 1.165) is 30.0 Å². The number of fused-ring (bicyclic) bond motifs is 1. The van der Waals surface area contributed by atoms with Crippen LogP contribution in [0.15, 0.2) is 30.6 Å². The number of hydrogen-bond donors (Lipinski definition) is 0. The maximum Gasteiger partial charge on any atom is 0.184 e. The fraction of sp³-hybridized carbons (Fsp3) is 0.250. The van der Waals surface area contributed by atoms with E-state index in [-0.39, 0.29) is 11.6 Å². The summed E-state index contributed by atoms with van der Waals surface area (Å²) in [6, 6.07) is 4.73. The minimum atomic E-state index is -0.831. The Labute approximate surface area is 120 Å². The molecule has 0 spiro atoms. The van der Waals surface area contributed by atoms with Crippen LogP contribution >= 0.6 is 0 Å². The molecule has 106 valence electrons. The molecule has 0 bridgehead atoms. The Kier molecular flexibility index (Phi) is 2.58. The summed E-state index contributed by atoms with van der Waals surface area (Å²) in [5, 5.41) is 0. The van der Waals surface area contributed by atoms with Crippen molar-refractivity contribution >= 4 is 11.0 Å². The average Bonchev–Trinajstić information content (AvgIpc) is 3.24. The molecule has 0 saturated heterocycles. The molecule has 4 rings (SSSR count). The predicted molar refractivity (Wildman–Crippen MR) is 75.9 cm³/mol. The number of halogens is 2. The summed E-state index contributed by atoms with van der Waals surface area (Å²) < 4.78 is 29.6. The van der Waals surface area contributed by atoms with E-state index < -0.39 is 11.6 Å². The van der Waals surface area contributed by atoms with E-state index in [2.05, 4.69) is 9.97 Å². The maximum absolute atomic E-state index is 14.2. The molecule has 0 aliphatic heterocycles. The van der Waals surface area contributed by atoms with Crippen LogP contribution in [0.1, 0.15) is 24.4 Å². The molecule has 1 fully saturated rings. The highest BCUT2D eigenvalue weighted by Crippen LogP contribution is 2.42. The molecule has 0 radical (unpaired) electrons. The van der Waals surface area contributed by atoms with Gasteiger partial charge in [-0.05, 0) is 43.5 Å². The van der Waals surface area contributed by atoms with Crippen LogP contribution in [0.2, 0.25) is 0 Å². The molecule has 0 amide bonds. The van der Waals surface area contributed by atoms with Crippen molar-refractivity contribution in [3.05, 3.63) is 47.8 Å². The fourth-order valence-corrected chi connectivity index (χ4v) is 2.73. The van der Waals surface area contributed by atoms with Crippen molar-refractivity contribution < 1.29 is 8.78 Å². The molecular formula is C16H13F2N3. The highest BCUT2D eigenvalue weighted by Gasteiger charge is 2.31. The SMILES string of the molecule is Cc1cnccc1-c1nc2ccc(F)c(F)c2n1C1CC1. The lowest BCUT2D eigenvalue weighted by Crippen LogP contribution is -2.01. The molecular weight excluding hydrogens is 272 g/mol. The number of pyridine rings is 1. The number of aromatic nitrogens is 3. The smallest absolute Gasteiger partial charge is 0.184 e. The van der Waals surface area contributed by atoms with Gasteiger partial charge in [-0.2, -0.15) is 0 Å². The minimum Gasteiger partial charge on any atom is -0.318 e. The van der Waals surface area contributed by atoms with Crippen molar-refractivity contribution in [3.8, 4) is 11.4 Å². The van der Waals surface area contributed by atoms with Crippen LogP contribution in [-0.4, -0.2) is 14.5 Å². The molecule has 0 unspecified atom stereocenters. The topological polar surface area (TPSA) is 30.7 Å². The van der Waals surface area contributed by atoms with Gasteiger partial charge in [0, 0.05) is 24.0 Å². The zero-order valence-corrected chi connectivity index (χ0v) is 11.5. The van der Waals surface area contributed by atoms with Gasteiger partial charge in [-0.15, -0.1) is 0 Å². The average molecular weight is 285 g/mol. The molecule has 0 atom stereocenters. The minimum absolute atomic E-state index is 0.203. The quantitative estimate of drug-likeness (QED) is 0.712. The van der Waals surface area contributed by atoms with Crippen LogP contribution < -0.4 is 0 Å². The van der Waals surface area contributed by atoms with Gasteiger partial charge in [0.25, 0.3) is 0 Å². The Balaban J connectivity index is 2.08. The van der Waals surface area contributed by atoms with E-state index in [1.807, 2.05) is 17.6 Å². The van der Waals surface area contributed by atoms with Crippen LogP contribution in [-0.2, 0) is 0 Å². The highest BCUT2D eigenvalue weighted by molar-refractivity contribution is 5.82. The lowest BCUT2D eigenvalue weighted by molar-refractivity contribution is 0.511. The van der Waals surface area contributed by atoms with Gasteiger partial charge in [0.2, 0.25) is 0 Å². The van der Waals surface area contributed by atoms with Crippen molar-refractivity contribution in [2.24, 2.45) is 0 Å². The number of aryl methyl sites for hydroxylation is 1. The van der Waals surface area contributed by atoms with E-state index in [1.165, 1.54) is 6.07 Å². The normalized spacial score (nSPS) is 14.8. The summed E-state index contributed by atoms with van der Waals surface area (Å²) >= 11 is 0. The fourth-order valence-electron chi connectivity index (χ4n) is 2.73. The molecule has 3 nitrogen and oxygen atoms in total. The van der Waals surface area contributed by atoms with Gasteiger partial charge < -0.3 is 4.57 Å². The van der Waals surface area contributed by atoms with E-state index in [1.54, 1.807) is 12.4 Å². The van der Waals surface area contributed by atoms with E-state index in [9.17, 15) is 8.78 Å². The first-order valence-electron chi connectivity index (χ1n) is 6.93. The Hall–Kier alpha value is -2.30. The van der Waals surface area contributed by atoms with E-state index >= 15 is 0 Å². The van der Waals surface area contributed by atoms with Crippen molar-refractivity contribution in [2.75, 3.05) is 0 Å². The van der Waals surface area contributed by atoms with Crippen LogP contribution in [0, 0.1) is 18.6 Å². The molecule has 2 aromatic heterocycles. The third-order valence-corrected chi connectivity index (χ3v) is 3.92. The lowest BCUT2D eigenvalue weighted by atomic mass is 10.1. The first-order chi connectivity index (χ1) is 10.2. The van der Waals surface area contributed by atoms with Gasteiger partial charge in [-0.25, -0.2) is 13.8 Å². The largest absolute Gasteiger partial charge is 0.318 e. The summed E-state index contributed by atoms with van der Waals surface area (Å²) in [5.41, 5.74) is 2.64. The second kappa shape index (κ2) is 4.35. The Morgan fingerprint density at radius 3 is 2.71 bits per heavy atom. The number of benzene rings is 1. The summed E-state index contributed by atoms with van der Waals surface area (Å²) in [7, 11) is 0. The molecule has 1 saturated carbocycles. The number of nitrogens with zero attached hydrogens (tertiary/aromatic N) is 3. The van der Waals surface area contributed by atoms with E-state index in [4.69, 9.17) is 0 Å². The predicted octanol–water partition coefficient (Wildman–Crippen LogP) is 4.02. The van der Waals surface area contributed by atoms with Gasteiger partial charge in [-0.1, -0.05) is 0 Å². The van der Waals surface area contributed by atoms with Crippen molar-refractivity contribution in [2.45, 2.75) is 25.8 Å². The van der Waals surface area contributed by atoms with Crippen LogP contribution in [0.3, 0.4) is 0 Å². The first kappa shape index (κ1) is 12.4. The third-order valence-electron chi connectivity index (χ3n) is 3.92. The first-order valence-corrected chi connectivity index (χ1v) is 6.93. The van der Waals surface area contributed by atoms with Crippen LogP contribution in [0.5, 0.6) is 0 Å². The molecule has 1 aliphatic rings. The van der Waals surface area contributed by atoms with Crippen LogP contribution in [0.25, 0.3) is 22.4 Å². The zero-order valence-electron chi connectivity index (χ0n) is 11.5. The second-order valence-corrected chi connectivity index (χ2v) is 5.46. The molecule has 1 aliphatic carbocycles. The summed E-state index contributed by atoms with van der Waals surface area (Å²) in [4.78, 5) is 8.61. The number of hydrogen-bond acceptors (Lipinski definition) is 2. The Morgan fingerprint density at radius 1 is 1.19 bits per heavy atom. The highest BCUT2D eigenvalue weighted by atomic mass is 19.2. The van der Waals surface area contributed by atoms with Crippen molar-refractivity contribution in [3.63, 3.8) is 0 Å². The third kappa shape index (κ3) is 1.84. The molecule has 1 aromatic carbocycles. The Bertz CT molecular complexity index is 850. The molecule has 0 N–H and O–H groups in total. The molecule has 2 heterocycles. The maximum atomic E-state index is 14.2. The summed E-state index contributed by atoms with van der Waals surface area (Å²) in [6.07, 6.45) is 5.38. The molecule has 3 aromatic rings. The summed E-state index contributed by atoms with van der Waals surface area (Å²) in [5.74, 6) is -0.955. The van der Waals surface area contributed by atoms with Gasteiger partial charge in [0.1, 0.15) is 11.3 Å². The second-order valence-electron chi connectivity index (χ2n) is 5.46. The lowest BCUT2D eigenvalue weighted by Gasteiger charge is -2.09. The zero-order chi connectivity index (χ0) is 14.6. The summed E-state index contributed by atoms with van der Waals surface area (Å²) in [6.45, 7) is 1.94. The standard InChI is InChI=1S/C16H13F2N3/c1-9-8-19-7-6-11(9)16-20-13-5-4-12(17)14(18)15(13)21(16)10-2-3-10/h4-8,10H,2-3H2,1H3. The van der Waals surface area contributed by atoms with Gasteiger partial charge >= 0.3 is 0 Å². The van der Waals surface area contributed by atoms with E-state index in [0.29, 0.717) is 11.3 Å². The molecule has 5 heteroatoms. The van der Waals surface area contributed by atoms with Crippen LogP contribution in [0.4, 0.5) is 8.78 Å².